The van der Waals surface area contributed by atoms with Crippen LogP contribution < -0.4 is 0 Å². The smallest absolute Gasteiger partial charge is 0.106 e. The van der Waals surface area contributed by atoms with Gasteiger partial charge in [-0.1, -0.05) is 11.2 Å². The number of rotatable bonds is 2. The highest BCUT2D eigenvalue weighted by Crippen LogP contribution is 2.10. The molecule has 3 nitrogen and oxygen atoms in total. The van der Waals surface area contributed by atoms with Crippen molar-refractivity contribution in [1.82, 2.24) is 4.90 Å². The van der Waals surface area contributed by atoms with Gasteiger partial charge in [-0.05, 0) is 26.0 Å². The Balaban J connectivity index is 2.58. The number of oxime groups is 1. The molecule has 0 fully saturated rings. The average Bonchev–Trinajstić information content (AvgIpc) is 2.06. The topological polar surface area (TPSA) is 24.8 Å². The lowest BCUT2D eigenvalue weighted by atomic mass is 10.0. The van der Waals surface area contributed by atoms with Crippen LogP contribution in [0.1, 0.15) is 13.3 Å². The number of nitrogens with zero attached hydrogens (tertiary/aromatic N) is 2. The molecule has 12 heavy (non-hydrogen) atoms. The van der Waals surface area contributed by atoms with Crippen molar-refractivity contribution in [2.45, 2.75) is 13.3 Å². The molecule has 0 saturated heterocycles. The Bertz CT molecular complexity index is 209. The van der Waals surface area contributed by atoms with Crippen molar-refractivity contribution < 1.29 is 4.84 Å². The number of hydrogen-bond acceptors (Lipinski definition) is 3. The van der Waals surface area contributed by atoms with Crippen molar-refractivity contribution in [3.63, 3.8) is 0 Å². The molecule has 0 aromatic heterocycles. The highest BCUT2D eigenvalue weighted by molar-refractivity contribution is 5.97. The van der Waals surface area contributed by atoms with Crippen LogP contribution in [0.4, 0.5) is 0 Å². The minimum absolute atomic E-state index is 1.01. The molecule has 0 bridgehead atoms. The van der Waals surface area contributed by atoms with Gasteiger partial charge in [0.15, 0.2) is 0 Å². The van der Waals surface area contributed by atoms with Crippen molar-refractivity contribution in [2.24, 2.45) is 5.16 Å². The molecule has 0 unspecified atom stereocenters. The summed E-state index contributed by atoms with van der Waals surface area (Å²) < 4.78 is 0. The number of likely N-dealkylation sites (N-methyl/N-ethyl adjacent to an activating group) is 1. The van der Waals surface area contributed by atoms with Gasteiger partial charge in [-0.15, -0.1) is 0 Å². The summed E-state index contributed by atoms with van der Waals surface area (Å²) in [5.74, 6) is 0. The molecule has 0 radical (unpaired) electrons. The lowest BCUT2D eigenvalue weighted by molar-refractivity contribution is 0.213. The zero-order chi connectivity index (χ0) is 8.97. The lowest BCUT2D eigenvalue weighted by Gasteiger charge is -2.21. The Morgan fingerprint density at radius 3 is 2.92 bits per heavy atom. The molecular weight excluding hydrogens is 152 g/mol. The minimum atomic E-state index is 1.01. The summed E-state index contributed by atoms with van der Waals surface area (Å²) in [5.41, 5.74) is 2.32. The van der Waals surface area contributed by atoms with Gasteiger partial charge >= 0.3 is 0 Å². The third-order valence-corrected chi connectivity index (χ3v) is 2.11. The second kappa shape index (κ2) is 4.26. The van der Waals surface area contributed by atoms with E-state index < -0.39 is 0 Å². The molecule has 1 rings (SSSR count). The lowest BCUT2D eigenvalue weighted by Crippen LogP contribution is -2.25. The van der Waals surface area contributed by atoms with E-state index in [0.717, 1.165) is 25.2 Å². The summed E-state index contributed by atoms with van der Waals surface area (Å²) in [7, 11) is 3.70. The molecule has 0 N–H and O–H groups in total. The zero-order valence-electron chi connectivity index (χ0n) is 8.00. The monoisotopic (exact) mass is 168 g/mol. The van der Waals surface area contributed by atoms with Gasteiger partial charge in [0.05, 0.1) is 5.71 Å². The van der Waals surface area contributed by atoms with Gasteiger partial charge in [0.2, 0.25) is 0 Å². The van der Waals surface area contributed by atoms with Crippen LogP contribution in [0.2, 0.25) is 0 Å². The molecule has 0 atom stereocenters. The SMILES string of the molecule is CON=C(C)C1=CCN(C)CC1. The van der Waals surface area contributed by atoms with Gasteiger partial charge < -0.3 is 9.74 Å². The first-order valence-electron chi connectivity index (χ1n) is 4.19. The Hall–Kier alpha value is -0.830. The molecule has 0 aromatic rings. The van der Waals surface area contributed by atoms with Crippen molar-refractivity contribution in [3.8, 4) is 0 Å². The van der Waals surface area contributed by atoms with E-state index in [1.54, 1.807) is 7.11 Å². The van der Waals surface area contributed by atoms with Crippen LogP contribution in [0.5, 0.6) is 0 Å². The second-order valence-electron chi connectivity index (χ2n) is 3.10. The van der Waals surface area contributed by atoms with E-state index >= 15 is 0 Å². The van der Waals surface area contributed by atoms with E-state index in [9.17, 15) is 0 Å². The molecule has 1 heterocycles. The van der Waals surface area contributed by atoms with Crippen LogP contribution in [0, 0.1) is 0 Å². The molecule has 0 aliphatic carbocycles. The molecule has 0 spiro atoms. The first-order valence-corrected chi connectivity index (χ1v) is 4.19. The highest BCUT2D eigenvalue weighted by atomic mass is 16.6. The zero-order valence-corrected chi connectivity index (χ0v) is 8.00. The first kappa shape index (κ1) is 9.26. The van der Waals surface area contributed by atoms with Crippen molar-refractivity contribution >= 4 is 5.71 Å². The highest BCUT2D eigenvalue weighted by Gasteiger charge is 2.09. The second-order valence-corrected chi connectivity index (χ2v) is 3.10. The number of hydrogen-bond donors (Lipinski definition) is 0. The Kier molecular flexibility index (Phi) is 3.29. The van der Waals surface area contributed by atoms with Crippen LogP contribution in [0.3, 0.4) is 0 Å². The van der Waals surface area contributed by atoms with Crippen LogP contribution in [0.15, 0.2) is 16.8 Å². The first-order chi connectivity index (χ1) is 5.74. The van der Waals surface area contributed by atoms with Gasteiger partial charge in [-0.2, -0.15) is 0 Å². The summed E-state index contributed by atoms with van der Waals surface area (Å²) in [6.45, 7) is 4.12. The largest absolute Gasteiger partial charge is 0.399 e. The normalized spacial score (nSPS) is 20.6. The van der Waals surface area contributed by atoms with Gasteiger partial charge in [0.1, 0.15) is 7.11 Å². The Morgan fingerprint density at radius 1 is 1.67 bits per heavy atom. The van der Waals surface area contributed by atoms with E-state index in [1.165, 1.54) is 5.57 Å². The van der Waals surface area contributed by atoms with Gasteiger partial charge in [-0.25, -0.2) is 0 Å². The van der Waals surface area contributed by atoms with E-state index in [-0.39, 0.29) is 0 Å². The molecule has 0 amide bonds. The molecule has 1 aliphatic rings. The maximum Gasteiger partial charge on any atom is 0.106 e. The standard InChI is InChI=1S/C9H16N2O/c1-8(10-12-3)9-4-6-11(2)7-5-9/h4H,5-7H2,1-3H3. The van der Waals surface area contributed by atoms with Crippen LogP contribution in [0.25, 0.3) is 0 Å². The van der Waals surface area contributed by atoms with Gasteiger partial charge in [0.25, 0.3) is 0 Å². The summed E-state index contributed by atoms with van der Waals surface area (Å²) in [5, 5.41) is 3.90. The fourth-order valence-electron chi connectivity index (χ4n) is 1.29. The molecule has 0 saturated carbocycles. The molecule has 3 heteroatoms. The van der Waals surface area contributed by atoms with Crippen LogP contribution in [-0.2, 0) is 4.84 Å². The van der Waals surface area contributed by atoms with E-state index in [2.05, 4.69) is 23.2 Å². The molecule has 1 aliphatic heterocycles. The third-order valence-electron chi connectivity index (χ3n) is 2.11. The molecule has 68 valence electrons. The van der Waals surface area contributed by atoms with Crippen molar-refractivity contribution in [3.05, 3.63) is 11.6 Å². The molecular formula is C9H16N2O. The fraction of sp³-hybridized carbons (Fsp3) is 0.667. The predicted octanol–water partition coefficient (Wildman–Crippen LogP) is 1.27. The van der Waals surface area contributed by atoms with E-state index in [1.807, 2.05) is 6.92 Å². The van der Waals surface area contributed by atoms with E-state index in [0.29, 0.717) is 0 Å². The summed E-state index contributed by atoms with van der Waals surface area (Å²) >= 11 is 0. The van der Waals surface area contributed by atoms with Crippen LogP contribution in [-0.4, -0.2) is 37.9 Å². The van der Waals surface area contributed by atoms with Gasteiger partial charge in [0, 0.05) is 13.1 Å². The summed E-state index contributed by atoms with van der Waals surface area (Å²) in [6, 6.07) is 0. The average molecular weight is 168 g/mol. The van der Waals surface area contributed by atoms with E-state index in [4.69, 9.17) is 4.84 Å². The Labute approximate surface area is 73.7 Å². The third kappa shape index (κ3) is 2.34. The van der Waals surface area contributed by atoms with Crippen LogP contribution >= 0.6 is 0 Å². The quantitative estimate of drug-likeness (QED) is 0.458. The molecule has 0 aromatic carbocycles. The summed E-state index contributed by atoms with van der Waals surface area (Å²) in [6.07, 6.45) is 3.29. The fourth-order valence-corrected chi connectivity index (χ4v) is 1.29. The maximum absolute atomic E-state index is 4.72. The van der Waals surface area contributed by atoms with Crippen molar-refractivity contribution in [2.75, 3.05) is 27.2 Å². The maximum atomic E-state index is 4.72. The Morgan fingerprint density at radius 2 is 2.42 bits per heavy atom. The predicted molar refractivity (Wildman–Crippen MR) is 50.3 cm³/mol. The van der Waals surface area contributed by atoms with Gasteiger partial charge in [-0.3, -0.25) is 0 Å². The minimum Gasteiger partial charge on any atom is -0.399 e. The van der Waals surface area contributed by atoms with Crippen molar-refractivity contribution in [1.29, 1.82) is 0 Å². The summed E-state index contributed by atoms with van der Waals surface area (Å²) in [4.78, 5) is 7.00.